The van der Waals surface area contributed by atoms with Gasteiger partial charge in [-0.2, -0.15) is 10.1 Å². The van der Waals surface area contributed by atoms with Gasteiger partial charge < -0.3 is 30.3 Å². The second kappa shape index (κ2) is 12.6. The number of amides is 1. The summed E-state index contributed by atoms with van der Waals surface area (Å²) in [6.07, 6.45) is 4.09. The van der Waals surface area contributed by atoms with Crippen LogP contribution < -0.4 is 25.4 Å². The predicted octanol–water partition coefficient (Wildman–Crippen LogP) is 3.13. The van der Waals surface area contributed by atoms with Gasteiger partial charge in [0.25, 0.3) is 0 Å². The lowest BCUT2D eigenvalue weighted by molar-refractivity contribution is -0.111. The number of hydrogen-bond donors (Lipinski definition) is 3. The van der Waals surface area contributed by atoms with E-state index in [2.05, 4.69) is 42.6 Å². The highest BCUT2D eigenvalue weighted by atomic mass is 19.1. The molecule has 0 radical (unpaired) electrons. The van der Waals surface area contributed by atoms with Crippen LogP contribution in [0.25, 0.3) is 11.0 Å². The highest BCUT2D eigenvalue weighted by Crippen LogP contribution is 2.34. The number of likely N-dealkylation sites (N-methyl/N-ethyl adjacent to an activating group) is 1. The molecular formula is C27H29F2N9O4. The maximum Gasteiger partial charge on any atom is 0.247 e. The fraction of sp³-hybridized carbons (Fsp3) is 0.259. The van der Waals surface area contributed by atoms with E-state index in [4.69, 9.17) is 9.47 Å². The van der Waals surface area contributed by atoms with Crippen LogP contribution in [0.4, 0.5) is 32.1 Å². The van der Waals surface area contributed by atoms with Crippen LogP contribution in [-0.2, 0) is 11.8 Å². The van der Waals surface area contributed by atoms with E-state index in [1.165, 1.54) is 31.2 Å². The first-order chi connectivity index (χ1) is 20.1. The minimum Gasteiger partial charge on any atom is -0.494 e. The average molecular weight is 582 g/mol. The Labute approximate surface area is 239 Å². The van der Waals surface area contributed by atoms with Crippen LogP contribution in [0.3, 0.4) is 0 Å². The van der Waals surface area contributed by atoms with E-state index >= 15 is 8.78 Å². The van der Waals surface area contributed by atoms with E-state index in [1.54, 1.807) is 13.2 Å². The zero-order valence-corrected chi connectivity index (χ0v) is 23.6. The first-order valence-electron chi connectivity index (χ1n) is 12.5. The minimum atomic E-state index is -1.18. The number of aryl methyl sites for hydroxylation is 1. The Morgan fingerprint density at radius 2 is 1.79 bits per heavy atom. The zero-order chi connectivity index (χ0) is 30.6. The number of anilines is 4. The molecule has 0 saturated carbocycles. The van der Waals surface area contributed by atoms with Crippen LogP contribution >= 0.6 is 0 Å². The molecule has 42 heavy (non-hydrogen) atoms. The number of ketones is 1. The molecule has 13 nitrogen and oxygen atoms in total. The molecule has 0 unspecified atom stereocenters. The standard InChI is InChI=1S/C27H29F2N9O4/c1-7-19(39)32-16-13-38(4)36-26(16)35-27-31-12-14-10-15(25(33-24(14)34-27)30-8-9-37(2)3)23(40)20-21(28)17(41-5)11-18(42-6)22(20)29/h7,10-13H,1,8-9H2,2-6H3,(H,32,39)(H2,30,31,33,34,35,36). The van der Waals surface area contributed by atoms with Gasteiger partial charge in [-0.05, 0) is 26.2 Å². The summed E-state index contributed by atoms with van der Waals surface area (Å²) in [5.41, 5.74) is -0.429. The van der Waals surface area contributed by atoms with Crippen molar-refractivity contribution in [1.82, 2.24) is 29.6 Å². The molecule has 1 aromatic carbocycles. The van der Waals surface area contributed by atoms with Gasteiger partial charge in [-0.3, -0.25) is 14.3 Å². The molecule has 0 aliphatic carbocycles. The van der Waals surface area contributed by atoms with Crippen molar-refractivity contribution in [2.24, 2.45) is 7.05 Å². The number of nitrogens with zero attached hydrogens (tertiary/aromatic N) is 6. The number of carbonyl (C=O) groups is 2. The van der Waals surface area contributed by atoms with Crippen LogP contribution in [0, 0.1) is 11.6 Å². The van der Waals surface area contributed by atoms with Gasteiger partial charge in [0.2, 0.25) is 17.6 Å². The molecule has 4 rings (SSSR count). The van der Waals surface area contributed by atoms with Gasteiger partial charge in [0.15, 0.2) is 34.6 Å². The first kappa shape index (κ1) is 29.8. The van der Waals surface area contributed by atoms with Gasteiger partial charge in [-0.15, -0.1) is 0 Å². The Hall–Kier alpha value is -5.18. The SMILES string of the molecule is C=CC(=O)Nc1cn(C)nc1Nc1ncc2cc(C(=O)c3c(F)c(OC)cc(OC)c3F)c(NCCN(C)C)nc2n1. The highest BCUT2D eigenvalue weighted by molar-refractivity contribution is 6.14. The number of carbonyl (C=O) groups excluding carboxylic acids is 2. The molecule has 15 heteroatoms. The number of rotatable bonds is 12. The van der Waals surface area contributed by atoms with Gasteiger partial charge in [0.05, 0.1) is 26.0 Å². The molecule has 0 spiro atoms. The number of methoxy groups -OCH3 is 2. The van der Waals surface area contributed by atoms with E-state index in [9.17, 15) is 9.59 Å². The second-order valence-corrected chi connectivity index (χ2v) is 9.22. The Kier molecular flexibility index (Phi) is 8.90. The van der Waals surface area contributed by atoms with Crippen molar-refractivity contribution in [1.29, 1.82) is 0 Å². The molecule has 1 amide bonds. The van der Waals surface area contributed by atoms with Crippen molar-refractivity contribution in [3.05, 3.63) is 59.9 Å². The third-order valence-electron chi connectivity index (χ3n) is 5.97. The summed E-state index contributed by atoms with van der Waals surface area (Å²) in [4.78, 5) is 40.5. The Morgan fingerprint density at radius 3 is 2.40 bits per heavy atom. The number of aromatic nitrogens is 5. The molecule has 4 aromatic rings. The van der Waals surface area contributed by atoms with Gasteiger partial charge in [-0.1, -0.05) is 6.58 Å². The van der Waals surface area contributed by atoms with Crippen LogP contribution in [0.2, 0.25) is 0 Å². The topological polar surface area (TPSA) is 148 Å². The molecular weight excluding hydrogens is 552 g/mol. The molecule has 3 heterocycles. The smallest absolute Gasteiger partial charge is 0.247 e. The summed E-state index contributed by atoms with van der Waals surface area (Å²) < 4.78 is 41.9. The van der Waals surface area contributed by atoms with Crippen LogP contribution in [0.15, 0.2) is 37.2 Å². The summed E-state index contributed by atoms with van der Waals surface area (Å²) in [7, 11) is 7.79. The van der Waals surface area contributed by atoms with Crippen molar-refractivity contribution < 1.29 is 27.8 Å². The van der Waals surface area contributed by atoms with Crippen LogP contribution in [0.5, 0.6) is 11.5 Å². The lowest BCUT2D eigenvalue weighted by atomic mass is 10.0. The lowest BCUT2D eigenvalue weighted by Crippen LogP contribution is -2.22. The Bertz CT molecular complexity index is 1650. The molecule has 220 valence electrons. The third-order valence-corrected chi connectivity index (χ3v) is 5.97. The number of ether oxygens (including phenoxy) is 2. The summed E-state index contributed by atoms with van der Waals surface area (Å²) in [6, 6.07) is 2.42. The summed E-state index contributed by atoms with van der Waals surface area (Å²) in [5, 5.41) is 13.2. The highest BCUT2D eigenvalue weighted by Gasteiger charge is 2.29. The Balaban J connectivity index is 1.78. The van der Waals surface area contributed by atoms with Gasteiger partial charge in [-0.25, -0.2) is 18.7 Å². The lowest BCUT2D eigenvalue weighted by Gasteiger charge is -2.16. The number of benzene rings is 1. The molecule has 0 bridgehead atoms. The largest absolute Gasteiger partial charge is 0.494 e. The monoisotopic (exact) mass is 581 g/mol. The summed E-state index contributed by atoms with van der Waals surface area (Å²) in [5.74, 6) is -4.07. The molecule has 0 aliphatic rings. The molecule has 0 fully saturated rings. The van der Waals surface area contributed by atoms with E-state index in [1.807, 2.05) is 19.0 Å². The number of fused-ring (bicyclic) bond motifs is 1. The van der Waals surface area contributed by atoms with Gasteiger partial charge in [0, 0.05) is 37.8 Å². The van der Waals surface area contributed by atoms with Crippen molar-refractivity contribution in [2.75, 3.05) is 57.4 Å². The van der Waals surface area contributed by atoms with Crippen molar-refractivity contribution in [3.8, 4) is 11.5 Å². The van der Waals surface area contributed by atoms with E-state index < -0.39 is 28.9 Å². The minimum absolute atomic E-state index is 0.0522. The van der Waals surface area contributed by atoms with E-state index in [0.717, 1.165) is 12.1 Å². The average Bonchev–Trinajstić information content (AvgIpc) is 3.30. The molecule has 0 atom stereocenters. The molecule has 3 N–H and O–H groups in total. The zero-order valence-electron chi connectivity index (χ0n) is 23.6. The Morgan fingerprint density at radius 1 is 1.10 bits per heavy atom. The summed E-state index contributed by atoms with van der Waals surface area (Å²) >= 11 is 0. The maximum atomic E-state index is 15.2. The van der Waals surface area contributed by atoms with Crippen LogP contribution in [-0.4, -0.2) is 82.7 Å². The number of hydrogen-bond acceptors (Lipinski definition) is 11. The number of halogens is 2. The van der Waals surface area contributed by atoms with Gasteiger partial charge >= 0.3 is 0 Å². The van der Waals surface area contributed by atoms with E-state index in [0.29, 0.717) is 24.2 Å². The quantitative estimate of drug-likeness (QED) is 0.167. The third kappa shape index (κ3) is 6.25. The second-order valence-electron chi connectivity index (χ2n) is 9.22. The molecule has 3 aromatic heterocycles. The predicted molar refractivity (Wildman–Crippen MR) is 153 cm³/mol. The normalized spacial score (nSPS) is 11.0. The van der Waals surface area contributed by atoms with Crippen molar-refractivity contribution in [3.63, 3.8) is 0 Å². The fourth-order valence-electron chi connectivity index (χ4n) is 3.91. The van der Waals surface area contributed by atoms with Gasteiger partial charge in [0.1, 0.15) is 17.1 Å². The summed E-state index contributed by atoms with van der Waals surface area (Å²) in [6.45, 7) is 4.36. The van der Waals surface area contributed by atoms with E-state index in [-0.39, 0.29) is 40.3 Å². The fourth-order valence-corrected chi connectivity index (χ4v) is 3.91. The first-order valence-corrected chi connectivity index (χ1v) is 12.5. The van der Waals surface area contributed by atoms with Crippen molar-refractivity contribution in [2.45, 2.75) is 0 Å². The molecule has 0 aliphatic heterocycles. The number of nitrogens with one attached hydrogen (secondary N) is 3. The molecule has 0 saturated heterocycles. The van der Waals surface area contributed by atoms with Crippen LogP contribution in [0.1, 0.15) is 15.9 Å². The van der Waals surface area contributed by atoms with Crippen molar-refractivity contribution >= 4 is 46.0 Å². The maximum absolute atomic E-state index is 15.2. The number of pyridine rings is 1.